The summed E-state index contributed by atoms with van der Waals surface area (Å²) in [5.74, 6) is -0.433. The molecule has 1 saturated carbocycles. The predicted molar refractivity (Wildman–Crippen MR) is 74.9 cm³/mol. The Morgan fingerprint density at radius 2 is 1.91 bits per heavy atom. The molecule has 2 saturated heterocycles. The monoisotopic (exact) mass is 349 g/mol. The number of hydrogen-bond acceptors (Lipinski definition) is 6. The number of fused-ring (bicyclic) bond motifs is 2. The van der Waals surface area contributed by atoms with Gasteiger partial charge in [-0.15, -0.1) is 4.28 Å². The molecule has 3 aliphatic rings. The number of nitrogens with zero attached hydrogens (tertiary/aromatic N) is 2. The SMILES string of the molecule is O=C(NOC1CCCC1)C1CCC2CN1C(=O)N2OS(=O)(=O)O. The van der Waals surface area contributed by atoms with Crippen LogP contribution < -0.4 is 5.48 Å². The summed E-state index contributed by atoms with van der Waals surface area (Å²) < 4.78 is 34.7. The number of urea groups is 1. The average Bonchev–Trinajstić information content (AvgIpc) is 3.08. The fourth-order valence-electron chi connectivity index (χ4n) is 3.32. The lowest BCUT2D eigenvalue weighted by Gasteiger charge is -2.29. The zero-order chi connectivity index (χ0) is 16.6. The highest BCUT2D eigenvalue weighted by Gasteiger charge is 2.49. The van der Waals surface area contributed by atoms with Crippen molar-refractivity contribution in [2.24, 2.45) is 0 Å². The largest absolute Gasteiger partial charge is 0.418 e. The number of piperidine rings is 1. The van der Waals surface area contributed by atoms with Crippen LogP contribution in [-0.2, 0) is 24.3 Å². The summed E-state index contributed by atoms with van der Waals surface area (Å²) in [7, 11) is -4.78. The molecule has 11 heteroatoms. The first kappa shape index (κ1) is 16.4. The Bertz CT molecular complexity index is 589. The van der Waals surface area contributed by atoms with Gasteiger partial charge in [0.1, 0.15) is 6.04 Å². The first-order valence-electron chi connectivity index (χ1n) is 7.57. The van der Waals surface area contributed by atoms with E-state index in [0.717, 1.165) is 25.7 Å². The number of nitrogens with one attached hydrogen (secondary N) is 1. The number of amides is 3. The molecule has 2 aliphatic heterocycles. The van der Waals surface area contributed by atoms with E-state index in [2.05, 4.69) is 9.76 Å². The van der Waals surface area contributed by atoms with Gasteiger partial charge in [-0.3, -0.25) is 14.2 Å². The van der Waals surface area contributed by atoms with Crippen LogP contribution in [-0.4, -0.2) is 59.6 Å². The molecule has 2 heterocycles. The van der Waals surface area contributed by atoms with Crippen LogP contribution >= 0.6 is 0 Å². The van der Waals surface area contributed by atoms with E-state index in [1.165, 1.54) is 4.90 Å². The summed E-state index contributed by atoms with van der Waals surface area (Å²) in [5.41, 5.74) is 2.40. The van der Waals surface area contributed by atoms with E-state index in [0.29, 0.717) is 17.9 Å². The van der Waals surface area contributed by atoms with Gasteiger partial charge in [-0.25, -0.2) is 10.3 Å². The van der Waals surface area contributed by atoms with Gasteiger partial charge < -0.3 is 4.90 Å². The van der Waals surface area contributed by atoms with E-state index in [1.54, 1.807) is 0 Å². The second-order valence-electron chi connectivity index (χ2n) is 6.00. The second kappa shape index (κ2) is 6.23. The third kappa shape index (κ3) is 3.57. The highest BCUT2D eigenvalue weighted by atomic mass is 32.3. The summed E-state index contributed by atoms with van der Waals surface area (Å²) in [4.78, 5) is 31.0. The van der Waals surface area contributed by atoms with Crippen LogP contribution in [0.15, 0.2) is 0 Å². The summed E-state index contributed by atoms with van der Waals surface area (Å²) in [6, 6.07) is -2.01. The van der Waals surface area contributed by atoms with Gasteiger partial charge in [0.05, 0.1) is 12.1 Å². The Labute approximate surface area is 133 Å². The van der Waals surface area contributed by atoms with Gasteiger partial charge in [0.2, 0.25) is 0 Å². The minimum absolute atomic E-state index is 0.00364. The molecule has 3 fully saturated rings. The molecule has 0 radical (unpaired) electrons. The molecule has 0 aromatic carbocycles. The van der Waals surface area contributed by atoms with Crippen LogP contribution in [0.25, 0.3) is 0 Å². The van der Waals surface area contributed by atoms with Crippen molar-refractivity contribution < 1.29 is 31.7 Å². The summed E-state index contributed by atoms with van der Waals surface area (Å²) >= 11 is 0. The zero-order valence-corrected chi connectivity index (χ0v) is 13.2. The van der Waals surface area contributed by atoms with Gasteiger partial charge >= 0.3 is 16.4 Å². The molecule has 2 bridgehead atoms. The zero-order valence-electron chi connectivity index (χ0n) is 12.4. The van der Waals surface area contributed by atoms with E-state index >= 15 is 0 Å². The minimum Gasteiger partial charge on any atom is -0.309 e. The van der Waals surface area contributed by atoms with E-state index in [4.69, 9.17) is 9.39 Å². The maximum absolute atomic E-state index is 12.2. The maximum atomic E-state index is 12.2. The first-order valence-corrected chi connectivity index (χ1v) is 8.94. The molecule has 23 heavy (non-hydrogen) atoms. The molecule has 0 spiro atoms. The smallest absolute Gasteiger partial charge is 0.309 e. The van der Waals surface area contributed by atoms with Gasteiger partial charge in [0, 0.05) is 6.54 Å². The fourth-order valence-corrected chi connectivity index (χ4v) is 3.71. The van der Waals surface area contributed by atoms with E-state index in [-0.39, 0.29) is 12.6 Å². The lowest BCUT2D eigenvalue weighted by atomic mass is 10.0. The topological polar surface area (TPSA) is 125 Å². The van der Waals surface area contributed by atoms with Gasteiger partial charge in [-0.1, -0.05) is 12.8 Å². The van der Waals surface area contributed by atoms with E-state index < -0.39 is 34.4 Å². The third-order valence-electron chi connectivity index (χ3n) is 4.43. The minimum atomic E-state index is -4.78. The molecule has 3 rings (SSSR count). The normalized spacial score (nSPS) is 28.5. The van der Waals surface area contributed by atoms with Crippen LogP contribution in [0.1, 0.15) is 38.5 Å². The molecular weight excluding hydrogens is 330 g/mol. The first-order chi connectivity index (χ1) is 10.8. The number of rotatable bonds is 5. The molecular formula is C12H19N3O7S. The van der Waals surface area contributed by atoms with Crippen molar-refractivity contribution in [1.82, 2.24) is 15.4 Å². The molecule has 130 valence electrons. The molecule has 0 aromatic heterocycles. The third-order valence-corrected chi connectivity index (χ3v) is 4.78. The fraction of sp³-hybridized carbons (Fsp3) is 0.833. The summed E-state index contributed by atoms with van der Waals surface area (Å²) in [5, 5.41) is 0.612. The number of carbonyl (C=O) groups excluding carboxylic acids is 2. The molecule has 2 unspecified atom stereocenters. The molecule has 3 amide bonds. The number of hydrogen-bond donors (Lipinski definition) is 2. The van der Waals surface area contributed by atoms with Gasteiger partial charge in [0.15, 0.2) is 0 Å². The van der Waals surface area contributed by atoms with Crippen molar-refractivity contribution in [2.75, 3.05) is 6.54 Å². The van der Waals surface area contributed by atoms with Crippen LogP contribution in [0.4, 0.5) is 4.79 Å². The quantitative estimate of drug-likeness (QED) is 0.528. The molecule has 2 atom stereocenters. The Balaban J connectivity index is 1.60. The molecule has 2 N–H and O–H groups in total. The van der Waals surface area contributed by atoms with E-state index in [1.807, 2.05) is 0 Å². The number of carbonyl (C=O) groups is 2. The van der Waals surface area contributed by atoms with E-state index in [9.17, 15) is 18.0 Å². The lowest BCUT2D eigenvalue weighted by molar-refractivity contribution is -0.143. The van der Waals surface area contributed by atoms with Gasteiger partial charge in [-0.05, 0) is 25.7 Å². The Kier molecular flexibility index (Phi) is 4.45. The van der Waals surface area contributed by atoms with Crippen molar-refractivity contribution in [3.05, 3.63) is 0 Å². The Morgan fingerprint density at radius 1 is 1.22 bits per heavy atom. The molecule has 1 aliphatic carbocycles. The highest BCUT2D eigenvalue weighted by Crippen LogP contribution is 2.30. The van der Waals surface area contributed by atoms with Crippen molar-refractivity contribution in [1.29, 1.82) is 0 Å². The van der Waals surface area contributed by atoms with Crippen LogP contribution in [0, 0.1) is 0 Å². The van der Waals surface area contributed by atoms with Crippen molar-refractivity contribution in [3.63, 3.8) is 0 Å². The van der Waals surface area contributed by atoms with Crippen molar-refractivity contribution >= 4 is 22.3 Å². The van der Waals surface area contributed by atoms with Gasteiger partial charge in [0.25, 0.3) is 5.91 Å². The molecule has 10 nitrogen and oxygen atoms in total. The standard InChI is InChI=1S/C12H19N3O7S/c16-11(13-21-9-3-1-2-4-9)10-6-5-8-7-14(10)12(17)15(8)22-23(18,19)20/h8-10H,1-7H2,(H,13,16)(H,18,19,20). The predicted octanol–water partition coefficient (Wildman–Crippen LogP) is -0.0202. The Hall–Kier alpha value is -1.43. The molecule has 0 aromatic rings. The summed E-state index contributed by atoms with van der Waals surface area (Å²) in [6.07, 6.45) is 4.68. The average molecular weight is 349 g/mol. The number of hydroxylamine groups is 3. The maximum Gasteiger partial charge on any atom is 0.418 e. The van der Waals surface area contributed by atoms with Crippen molar-refractivity contribution in [2.45, 2.75) is 56.7 Å². The lowest BCUT2D eigenvalue weighted by Crippen LogP contribution is -2.50. The van der Waals surface area contributed by atoms with Crippen molar-refractivity contribution in [3.8, 4) is 0 Å². The van der Waals surface area contributed by atoms with Crippen LogP contribution in [0.5, 0.6) is 0 Å². The van der Waals surface area contributed by atoms with Crippen LogP contribution in [0.3, 0.4) is 0 Å². The van der Waals surface area contributed by atoms with Gasteiger partial charge in [-0.2, -0.15) is 13.5 Å². The second-order valence-corrected chi connectivity index (χ2v) is 7.01. The Morgan fingerprint density at radius 3 is 2.57 bits per heavy atom. The summed E-state index contributed by atoms with van der Waals surface area (Å²) in [6.45, 7) is 0.163. The highest BCUT2D eigenvalue weighted by molar-refractivity contribution is 7.80. The van der Waals surface area contributed by atoms with Crippen LogP contribution in [0.2, 0.25) is 0 Å².